The summed E-state index contributed by atoms with van der Waals surface area (Å²) < 4.78 is 1.12. The topological polar surface area (TPSA) is 24.4 Å². The van der Waals surface area contributed by atoms with Crippen LogP contribution in [0, 0.1) is 0 Å². The minimum Gasteiger partial charge on any atom is -0.357 e. The van der Waals surface area contributed by atoms with Gasteiger partial charge < -0.3 is 5.32 Å². The molecule has 0 aliphatic carbocycles. The predicted octanol–water partition coefficient (Wildman–Crippen LogP) is 4.38. The van der Waals surface area contributed by atoms with E-state index in [-0.39, 0.29) is 0 Å². The Labute approximate surface area is 131 Å². The maximum Gasteiger partial charge on any atom is 0.157 e. The summed E-state index contributed by atoms with van der Waals surface area (Å²) in [4.78, 5) is 4.67. The molecule has 0 bridgehead atoms. The Morgan fingerprint density at radius 2 is 1.85 bits per heavy atom. The Morgan fingerprint density at radius 1 is 1.10 bits per heavy atom. The van der Waals surface area contributed by atoms with E-state index in [1.54, 1.807) is 11.8 Å². The molecule has 1 aliphatic heterocycles. The molecule has 0 saturated carbocycles. The number of amidine groups is 1. The maximum atomic E-state index is 4.67. The molecule has 1 heterocycles. The summed E-state index contributed by atoms with van der Waals surface area (Å²) in [5.74, 6) is 1.04. The highest BCUT2D eigenvalue weighted by Crippen LogP contribution is 2.26. The largest absolute Gasteiger partial charge is 0.357 e. The summed E-state index contributed by atoms with van der Waals surface area (Å²) in [6, 6.07) is 19.1. The third-order valence-corrected chi connectivity index (χ3v) is 5.03. The van der Waals surface area contributed by atoms with E-state index in [9.17, 15) is 0 Å². The predicted molar refractivity (Wildman–Crippen MR) is 90.1 cm³/mol. The number of halogens is 1. The SMILES string of the molecule is Brc1ccccc1CN=C1NC(c2ccccc2)CS1. The lowest BCUT2D eigenvalue weighted by Crippen LogP contribution is -2.19. The monoisotopic (exact) mass is 346 g/mol. The van der Waals surface area contributed by atoms with Crippen molar-refractivity contribution < 1.29 is 0 Å². The summed E-state index contributed by atoms with van der Waals surface area (Å²) in [5.41, 5.74) is 2.54. The van der Waals surface area contributed by atoms with E-state index in [4.69, 9.17) is 0 Å². The van der Waals surface area contributed by atoms with E-state index in [0.29, 0.717) is 12.6 Å². The standard InChI is InChI=1S/C16H15BrN2S/c17-14-9-5-4-8-13(14)10-18-16-19-15(11-20-16)12-6-2-1-3-7-12/h1-9,15H,10-11H2,(H,18,19). The van der Waals surface area contributed by atoms with Crippen LogP contribution in [0.3, 0.4) is 0 Å². The molecule has 0 amide bonds. The van der Waals surface area contributed by atoms with Gasteiger partial charge in [-0.05, 0) is 17.2 Å². The molecule has 3 rings (SSSR count). The molecule has 1 fully saturated rings. The van der Waals surface area contributed by atoms with Gasteiger partial charge in [0.05, 0.1) is 12.6 Å². The van der Waals surface area contributed by atoms with Crippen molar-refractivity contribution >= 4 is 32.9 Å². The minimum absolute atomic E-state index is 0.374. The van der Waals surface area contributed by atoms with Gasteiger partial charge in [-0.25, -0.2) is 0 Å². The second-order valence-corrected chi connectivity index (χ2v) is 6.49. The number of nitrogens with zero attached hydrogens (tertiary/aromatic N) is 1. The maximum absolute atomic E-state index is 4.67. The number of hydrogen-bond acceptors (Lipinski definition) is 2. The average molecular weight is 347 g/mol. The molecule has 0 radical (unpaired) electrons. The minimum atomic E-state index is 0.374. The number of benzene rings is 2. The first-order valence-corrected chi connectivity index (χ1v) is 8.33. The van der Waals surface area contributed by atoms with Crippen LogP contribution in [0.15, 0.2) is 64.1 Å². The zero-order valence-corrected chi connectivity index (χ0v) is 13.3. The van der Waals surface area contributed by atoms with Crippen molar-refractivity contribution in [2.75, 3.05) is 5.75 Å². The summed E-state index contributed by atoms with van der Waals surface area (Å²) in [6.07, 6.45) is 0. The lowest BCUT2D eigenvalue weighted by molar-refractivity contribution is 0.748. The number of aliphatic imine (C=N–C) groups is 1. The second-order valence-electron chi connectivity index (χ2n) is 4.63. The molecule has 2 nitrogen and oxygen atoms in total. The van der Waals surface area contributed by atoms with Gasteiger partial charge in [-0.3, -0.25) is 4.99 Å². The highest BCUT2D eigenvalue weighted by atomic mass is 79.9. The van der Waals surface area contributed by atoms with Crippen molar-refractivity contribution in [3.63, 3.8) is 0 Å². The smallest absolute Gasteiger partial charge is 0.157 e. The molecule has 1 aliphatic rings. The molecule has 0 spiro atoms. The molecule has 1 unspecified atom stereocenters. The third-order valence-electron chi connectivity index (χ3n) is 3.24. The van der Waals surface area contributed by atoms with Gasteiger partial charge in [0.1, 0.15) is 0 Å². The van der Waals surface area contributed by atoms with Crippen molar-refractivity contribution in [1.29, 1.82) is 0 Å². The molecule has 2 aromatic carbocycles. The average Bonchev–Trinajstić information content (AvgIpc) is 2.96. The van der Waals surface area contributed by atoms with Crippen LogP contribution in [-0.2, 0) is 6.54 Å². The van der Waals surface area contributed by atoms with Crippen molar-refractivity contribution in [3.05, 3.63) is 70.2 Å². The first-order valence-electron chi connectivity index (χ1n) is 6.55. The highest BCUT2D eigenvalue weighted by molar-refractivity contribution is 9.10. The van der Waals surface area contributed by atoms with Gasteiger partial charge in [0, 0.05) is 10.2 Å². The van der Waals surface area contributed by atoms with Gasteiger partial charge in [0.2, 0.25) is 0 Å². The number of hydrogen-bond donors (Lipinski definition) is 1. The summed E-state index contributed by atoms with van der Waals surface area (Å²) >= 11 is 5.35. The summed E-state index contributed by atoms with van der Waals surface area (Å²) in [7, 11) is 0. The fourth-order valence-electron chi connectivity index (χ4n) is 2.13. The van der Waals surface area contributed by atoms with Gasteiger partial charge in [-0.15, -0.1) is 0 Å². The van der Waals surface area contributed by atoms with E-state index in [0.717, 1.165) is 15.4 Å². The van der Waals surface area contributed by atoms with E-state index in [1.165, 1.54) is 11.1 Å². The normalized spacial score (nSPS) is 20.1. The van der Waals surface area contributed by atoms with Gasteiger partial charge in [0.25, 0.3) is 0 Å². The Bertz CT molecular complexity index is 613. The molecular formula is C16H15BrN2S. The van der Waals surface area contributed by atoms with E-state index >= 15 is 0 Å². The molecule has 1 atom stereocenters. The number of nitrogens with one attached hydrogen (secondary N) is 1. The van der Waals surface area contributed by atoms with Crippen LogP contribution < -0.4 is 5.32 Å². The fraction of sp³-hybridized carbons (Fsp3) is 0.188. The second kappa shape index (κ2) is 6.46. The Balaban J connectivity index is 1.66. The number of thioether (sulfide) groups is 1. The van der Waals surface area contributed by atoms with Crippen LogP contribution in [0.4, 0.5) is 0 Å². The van der Waals surface area contributed by atoms with Gasteiger partial charge in [0.15, 0.2) is 5.17 Å². The van der Waals surface area contributed by atoms with Crippen molar-refractivity contribution in [2.24, 2.45) is 4.99 Å². The molecular weight excluding hydrogens is 332 g/mol. The fourth-order valence-corrected chi connectivity index (χ4v) is 3.53. The molecule has 1 N–H and O–H groups in total. The van der Waals surface area contributed by atoms with Gasteiger partial charge in [-0.1, -0.05) is 76.2 Å². The number of rotatable bonds is 3. The lowest BCUT2D eigenvalue weighted by atomic mass is 10.1. The lowest BCUT2D eigenvalue weighted by Gasteiger charge is -2.09. The molecule has 102 valence electrons. The van der Waals surface area contributed by atoms with E-state index in [1.807, 2.05) is 18.2 Å². The summed E-state index contributed by atoms with van der Waals surface area (Å²) in [5, 5.41) is 4.53. The van der Waals surface area contributed by atoms with Crippen LogP contribution in [-0.4, -0.2) is 10.9 Å². The van der Waals surface area contributed by atoms with Crippen LogP contribution in [0.5, 0.6) is 0 Å². The van der Waals surface area contributed by atoms with Crippen molar-refractivity contribution in [2.45, 2.75) is 12.6 Å². The molecule has 20 heavy (non-hydrogen) atoms. The van der Waals surface area contributed by atoms with Gasteiger partial charge >= 0.3 is 0 Å². The van der Waals surface area contributed by atoms with E-state index < -0.39 is 0 Å². The summed E-state index contributed by atoms with van der Waals surface area (Å²) in [6.45, 7) is 0.707. The first kappa shape index (κ1) is 13.7. The highest BCUT2D eigenvalue weighted by Gasteiger charge is 2.21. The van der Waals surface area contributed by atoms with Crippen LogP contribution >= 0.6 is 27.7 Å². The Hall–Kier alpha value is -1.26. The molecule has 0 aromatic heterocycles. The molecule has 2 aromatic rings. The van der Waals surface area contributed by atoms with Crippen LogP contribution in [0.1, 0.15) is 17.2 Å². The van der Waals surface area contributed by atoms with Crippen LogP contribution in [0.2, 0.25) is 0 Å². The Morgan fingerprint density at radius 3 is 2.65 bits per heavy atom. The quantitative estimate of drug-likeness (QED) is 0.891. The third kappa shape index (κ3) is 3.25. The Kier molecular flexibility index (Phi) is 4.43. The van der Waals surface area contributed by atoms with Crippen molar-refractivity contribution in [1.82, 2.24) is 5.32 Å². The molecule has 4 heteroatoms. The first-order chi connectivity index (χ1) is 9.83. The van der Waals surface area contributed by atoms with E-state index in [2.05, 4.69) is 62.6 Å². The van der Waals surface area contributed by atoms with Crippen LogP contribution in [0.25, 0.3) is 0 Å². The van der Waals surface area contributed by atoms with Gasteiger partial charge in [-0.2, -0.15) is 0 Å². The molecule has 1 saturated heterocycles. The zero-order chi connectivity index (χ0) is 13.8. The van der Waals surface area contributed by atoms with Crippen molar-refractivity contribution in [3.8, 4) is 0 Å². The zero-order valence-electron chi connectivity index (χ0n) is 10.9.